The van der Waals surface area contributed by atoms with Gasteiger partial charge >= 0.3 is 11.9 Å². The van der Waals surface area contributed by atoms with Crippen molar-refractivity contribution in [3.63, 3.8) is 0 Å². The molecule has 1 aliphatic rings. The normalized spacial score (nSPS) is 18.8. The van der Waals surface area contributed by atoms with Crippen molar-refractivity contribution in [3.05, 3.63) is 59.7 Å². The van der Waals surface area contributed by atoms with Crippen LogP contribution in [-0.2, 0) is 15.0 Å². The van der Waals surface area contributed by atoms with Gasteiger partial charge in [-0.15, -0.1) is 0 Å². The number of hydrogen-bond acceptors (Lipinski definition) is 4. The molecule has 2 aromatic rings. The Hall–Kier alpha value is -3.02. The highest BCUT2D eigenvalue weighted by atomic mass is 16.5. The van der Waals surface area contributed by atoms with Crippen LogP contribution in [0.4, 0.5) is 0 Å². The molecule has 184 valence electrons. The predicted molar refractivity (Wildman–Crippen MR) is 131 cm³/mol. The summed E-state index contributed by atoms with van der Waals surface area (Å²) in [6.07, 6.45) is 6.19. The van der Waals surface area contributed by atoms with Crippen molar-refractivity contribution < 1.29 is 29.3 Å². The minimum atomic E-state index is -1.26. The molecular formula is C28H36O6. The van der Waals surface area contributed by atoms with E-state index in [1.54, 1.807) is 27.7 Å². The van der Waals surface area contributed by atoms with Crippen molar-refractivity contribution >= 4 is 11.9 Å². The Morgan fingerprint density at radius 3 is 1.38 bits per heavy atom. The maximum absolute atomic E-state index is 11.6. The fourth-order valence-corrected chi connectivity index (χ4v) is 4.64. The zero-order valence-corrected chi connectivity index (χ0v) is 20.6. The molecule has 2 aromatic carbocycles. The van der Waals surface area contributed by atoms with Crippen LogP contribution >= 0.6 is 0 Å². The Morgan fingerprint density at radius 1 is 0.735 bits per heavy atom. The molecule has 0 bridgehead atoms. The van der Waals surface area contributed by atoms with Crippen LogP contribution in [-0.4, -0.2) is 33.4 Å². The quantitative estimate of drug-likeness (QED) is 0.431. The molecule has 6 nitrogen and oxygen atoms in total. The Morgan fingerprint density at radius 2 is 1.09 bits per heavy atom. The second-order valence-electron chi connectivity index (χ2n) is 9.67. The minimum Gasteiger partial charge on any atom is -0.478 e. The first kappa shape index (κ1) is 25.6. The van der Waals surface area contributed by atoms with Crippen molar-refractivity contribution in [2.75, 3.05) is 0 Å². The van der Waals surface area contributed by atoms with Crippen molar-refractivity contribution in [2.24, 2.45) is 0 Å². The number of rotatable bonds is 10. The number of ether oxygens (including phenoxy) is 2. The Balaban J connectivity index is 1.89. The fourth-order valence-electron chi connectivity index (χ4n) is 4.64. The van der Waals surface area contributed by atoms with E-state index >= 15 is 0 Å². The Kier molecular flexibility index (Phi) is 7.59. The lowest BCUT2D eigenvalue weighted by Gasteiger charge is -2.39. The molecule has 34 heavy (non-hydrogen) atoms. The molecule has 1 aliphatic carbocycles. The zero-order chi connectivity index (χ0) is 25.0. The summed E-state index contributed by atoms with van der Waals surface area (Å²) in [5.41, 5.74) is -0.334. The van der Waals surface area contributed by atoms with Crippen LogP contribution in [0.25, 0.3) is 0 Å². The van der Waals surface area contributed by atoms with Crippen LogP contribution in [0.1, 0.15) is 83.8 Å². The van der Waals surface area contributed by atoms with E-state index in [0.29, 0.717) is 24.3 Å². The van der Waals surface area contributed by atoms with Gasteiger partial charge in [-0.25, -0.2) is 9.59 Å². The molecule has 0 amide bonds. The average molecular weight is 469 g/mol. The lowest BCUT2D eigenvalue weighted by molar-refractivity contribution is -0.154. The molecule has 1 fully saturated rings. The largest absolute Gasteiger partial charge is 0.478 e. The van der Waals surface area contributed by atoms with Crippen LogP contribution in [0.2, 0.25) is 0 Å². The molecule has 0 heterocycles. The van der Waals surface area contributed by atoms with Gasteiger partial charge in [0, 0.05) is 5.41 Å². The first-order chi connectivity index (χ1) is 16.1. The third-order valence-corrected chi connectivity index (χ3v) is 7.46. The van der Waals surface area contributed by atoms with Crippen LogP contribution < -0.4 is 9.47 Å². The van der Waals surface area contributed by atoms with Gasteiger partial charge in [0.05, 0.1) is 0 Å². The minimum absolute atomic E-state index is 0.156. The van der Waals surface area contributed by atoms with Crippen molar-refractivity contribution in [2.45, 2.75) is 89.3 Å². The number of aliphatic carboxylic acids is 2. The van der Waals surface area contributed by atoms with Gasteiger partial charge < -0.3 is 19.7 Å². The van der Waals surface area contributed by atoms with Crippen LogP contribution in [0.5, 0.6) is 11.5 Å². The van der Waals surface area contributed by atoms with Gasteiger partial charge in [0.25, 0.3) is 0 Å². The molecule has 0 saturated heterocycles. The number of hydrogen-bond donors (Lipinski definition) is 2. The maximum Gasteiger partial charge on any atom is 0.347 e. The molecule has 3 rings (SSSR count). The van der Waals surface area contributed by atoms with E-state index < -0.39 is 23.1 Å². The molecular weight excluding hydrogens is 432 g/mol. The summed E-state index contributed by atoms with van der Waals surface area (Å²) >= 11 is 0. The number of benzene rings is 2. The zero-order valence-electron chi connectivity index (χ0n) is 20.6. The summed E-state index contributed by atoms with van der Waals surface area (Å²) in [6, 6.07) is 15.6. The van der Waals surface area contributed by atoms with E-state index in [0.717, 1.165) is 25.7 Å². The van der Waals surface area contributed by atoms with Crippen LogP contribution in [0.15, 0.2) is 48.5 Å². The van der Waals surface area contributed by atoms with E-state index in [1.807, 2.05) is 48.5 Å². The molecule has 0 aliphatic heterocycles. The highest BCUT2D eigenvalue weighted by molar-refractivity contribution is 5.77. The molecule has 1 saturated carbocycles. The van der Waals surface area contributed by atoms with E-state index in [2.05, 4.69) is 0 Å². The Bertz CT molecular complexity index is 915. The third-order valence-electron chi connectivity index (χ3n) is 7.46. The lowest BCUT2D eigenvalue weighted by Crippen LogP contribution is -2.40. The molecule has 1 unspecified atom stereocenters. The summed E-state index contributed by atoms with van der Waals surface area (Å²) in [5, 5.41) is 19.0. The van der Waals surface area contributed by atoms with Crippen molar-refractivity contribution in [3.8, 4) is 11.5 Å². The average Bonchev–Trinajstić information content (AvgIpc) is 2.85. The standard InChI is InChI=1S/C28H36O6/c1-5-26(3,24(29)30)33-22-14-10-20(11-15-22)28(18-8-7-9-19-28)21-12-16-23(17-13-21)34-27(4,6-2)25(31)32/h10-17H,5-9,18-19H2,1-4H3,(H,29,30)(H,31,32)/t26-,27?/m0/s1. The number of carbonyl (C=O) groups is 2. The van der Waals surface area contributed by atoms with Gasteiger partial charge in [0.2, 0.25) is 11.2 Å². The molecule has 2 N–H and O–H groups in total. The summed E-state index contributed by atoms with van der Waals surface area (Å²) < 4.78 is 11.6. The smallest absolute Gasteiger partial charge is 0.347 e. The summed E-state index contributed by atoms with van der Waals surface area (Å²) in [4.78, 5) is 23.2. The molecule has 0 spiro atoms. The maximum atomic E-state index is 11.6. The highest BCUT2D eigenvalue weighted by Crippen LogP contribution is 2.45. The van der Waals surface area contributed by atoms with Crippen molar-refractivity contribution in [1.29, 1.82) is 0 Å². The highest BCUT2D eigenvalue weighted by Gasteiger charge is 2.37. The van der Waals surface area contributed by atoms with Gasteiger partial charge in [-0.3, -0.25) is 0 Å². The second-order valence-corrected chi connectivity index (χ2v) is 9.67. The summed E-state index contributed by atoms with van der Waals surface area (Å²) in [6.45, 7) is 6.77. The first-order valence-corrected chi connectivity index (χ1v) is 12.1. The van der Waals surface area contributed by atoms with Gasteiger partial charge in [-0.1, -0.05) is 57.4 Å². The summed E-state index contributed by atoms with van der Waals surface area (Å²) in [5.74, 6) is -0.880. The van der Waals surface area contributed by atoms with E-state index in [9.17, 15) is 19.8 Å². The lowest BCUT2D eigenvalue weighted by atomic mass is 9.65. The fraction of sp³-hybridized carbons (Fsp3) is 0.500. The topological polar surface area (TPSA) is 93.1 Å². The third kappa shape index (κ3) is 5.06. The van der Waals surface area contributed by atoms with Gasteiger partial charge in [0.15, 0.2) is 0 Å². The molecule has 6 heteroatoms. The monoisotopic (exact) mass is 468 g/mol. The van der Waals surface area contributed by atoms with Gasteiger partial charge in [-0.2, -0.15) is 0 Å². The van der Waals surface area contributed by atoms with E-state index in [1.165, 1.54) is 17.5 Å². The molecule has 0 radical (unpaired) electrons. The van der Waals surface area contributed by atoms with Crippen molar-refractivity contribution in [1.82, 2.24) is 0 Å². The molecule has 2 atom stereocenters. The van der Waals surface area contributed by atoms with Gasteiger partial charge in [0.1, 0.15) is 11.5 Å². The molecule has 0 aromatic heterocycles. The van der Waals surface area contributed by atoms with Crippen LogP contribution in [0.3, 0.4) is 0 Å². The summed E-state index contributed by atoms with van der Waals surface area (Å²) in [7, 11) is 0. The number of carboxylic acids is 2. The number of carboxylic acid groups (broad SMARTS) is 2. The first-order valence-electron chi connectivity index (χ1n) is 12.1. The van der Waals surface area contributed by atoms with Crippen LogP contribution in [0, 0.1) is 0 Å². The predicted octanol–water partition coefficient (Wildman–Crippen LogP) is 6.20. The Labute approximate surface area is 201 Å². The van der Waals surface area contributed by atoms with E-state index in [-0.39, 0.29) is 5.41 Å². The van der Waals surface area contributed by atoms with Gasteiger partial charge in [-0.05, 0) is 74.9 Å². The SMILES string of the molecule is CCC(C)(Oc1ccc(C2(c3ccc(O[C@@](C)(CC)C(=O)O)cc3)CCCCC2)cc1)C(=O)O. The van der Waals surface area contributed by atoms with E-state index in [4.69, 9.17) is 9.47 Å². The second kappa shape index (κ2) is 10.1.